The topological polar surface area (TPSA) is 60.5 Å². The highest BCUT2D eigenvalue weighted by Crippen LogP contribution is 2.34. The Balaban J connectivity index is 1.42. The van der Waals surface area contributed by atoms with Crippen LogP contribution >= 0.6 is 11.8 Å². The van der Waals surface area contributed by atoms with Gasteiger partial charge in [0.2, 0.25) is 5.91 Å². The number of aromatic nitrogens is 1. The van der Waals surface area contributed by atoms with Crippen LogP contribution in [0.5, 0.6) is 11.5 Å². The molecule has 120 valence electrons. The molecule has 23 heavy (non-hydrogen) atoms. The van der Waals surface area contributed by atoms with Crippen LogP contribution in [0, 0.1) is 0 Å². The van der Waals surface area contributed by atoms with E-state index in [4.69, 9.17) is 9.47 Å². The Labute approximate surface area is 139 Å². The maximum Gasteiger partial charge on any atom is 0.230 e. The van der Waals surface area contributed by atoms with Crippen LogP contribution in [0.3, 0.4) is 0 Å². The number of carbonyl (C=O) groups is 1. The van der Waals surface area contributed by atoms with Crippen molar-refractivity contribution in [2.45, 2.75) is 11.3 Å². The lowest BCUT2D eigenvalue weighted by Gasteiger charge is -2.18. The fourth-order valence-electron chi connectivity index (χ4n) is 2.19. The van der Waals surface area contributed by atoms with Crippen molar-refractivity contribution in [1.82, 2.24) is 10.3 Å². The largest absolute Gasteiger partial charge is 0.486 e. The molecule has 0 fully saturated rings. The second kappa shape index (κ2) is 7.87. The molecule has 2 aromatic rings. The molecule has 1 aliphatic heterocycles. The van der Waals surface area contributed by atoms with Gasteiger partial charge in [0.25, 0.3) is 0 Å². The number of carbonyl (C=O) groups excluding carboxylic acids is 1. The molecule has 6 heteroatoms. The number of nitrogens with zero attached hydrogens (tertiary/aromatic N) is 1. The van der Waals surface area contributed by atoms with Gasteiger partial charge in [-0.3, -0.25) is 9.78 Å². The van der Waals surface area contributed by atoms with Gasteiger partial charge in [-0.1, -0.05) is 6.07 Å². The van der Waals surface area contributed by atoms with E-state index < -0.39 is 0 Å². The van der Waals surface area contributed by atoms with Crippen molar-refractivity contribution in [3.63, 3.8) is 0 Å². The Bertz CT molecular complexity index is 664. The van der Waals surface area contributed by atoms with Gasteiger partial charge in [0.15, 0.2) is 11.5 Å². The number of hydrogen-bond acceptors (Lipinski definition) is 5. The van der Waals surface area contributed by atoms with Crippen molar-refractivity contribution in [1.29, 1.82) is 0 Å². The molecule has 1 aliphatic rings. The molecular weight excluding hydrogens is 312 g/mol. The second-order valence-electron chi connectivity index (χ2n) is 5.02. The van der Waals surface area contributed by atoms with Crippen molar-refractivity contribution in [2.24, 2.45) is 0 Å². The molecule has 0 saturated heterocycles. The first kappa shape index (κ1) is 15.7. The predicted molar refractivity (Wildman–Crippen MR) is 89.1 cm³/mol. The molecule has 0 unspecified atom stereocenters. The highest BCUT2D eigenvalue weighted by Gasteiger charge is 2.12. The van der Waals surface area contributed by atoms with Gasteiger partial charge in [-0.2, -0.15) is 0 Å². The standard InChI is InChI=1S/C17H18N2O3S/c20-17(19-8-6-13-3-1-2-7-18-13)12-23-14-4-5-15-16(11-14)22-10-9-21-15/h1-5,7,11H,6,8-10,12H2,(H,19,20). The van der Waals surface area contributed by atoms with Gasteiger partial charge in [-0.15, -0.1) is 11.8 Å². The van der Waals surface area contributed by atoms with Gasteiger partial charge in [0, 0.05) is 29.8 Å². The molecule has 0 spiro atoms. The van der Waals surface area contributed by atoms with Gasteiger partial charge >= 0.3 is 0 Å². The van der Waals surface area contributed by atoms with Crippen LogP contribution in [-0.2, 0) is 11.2 Å². The third-order valence-electron chi connectivity index (χ3n) is 3.31. The first-order chi connectivity index (χ1) is 11.3. The third-order valence-corrected chi connectivity index (χ3v) is 4.31. The fourth-order valence-corrected chi connectivity index (χ4v) is 2.94. The number of hydrogen-bond donors (Lipinski definition) is 1. The van der Waals surface area contributed by atoms with E-state index in [0.29, 0.717) is 25.5 Å². The first-order valence-corrected chi connectivity index (χ1v) is 8.49. The quantitative estimate of drug-likeness (QED) is 0.824. The molecule has 5 nitrogen and oxygen atoms in total. The van der Waals surface area contributed by atoms with Crippen LogP contribution in [0.25, 0.3) is 0 Å². The van der Waals surface area contributed by atoms with Crippen LogP contribution in [0.4, 0.5) is 0 Å². The summed E-state index contributed by atoms with van der Waals surface area (Å²) in [7, 11) is 0. The average Bonchev–Trinajstić information content (AvgIpc) is 2.61. The van der Waals surface area contributed by atoms with Crippen LogP contribution in [0.15, 0.2) is 47.5 Å². The zero-order valence-electron chi connectivity index (χ0n) is 12.7. The van der Waals surface area contributed by atoms with Crippen molar-refractivity contribution < 1.29 is 14.3 Å². The Kier molecular flexibility index (Phi) is 5.37. The summed E-state index contributed by atoms with van der Waals surface area (Å²) in [6.07, 6.45) is 2.50. The van der Waals surface area contributed by atoms with Gasteiger partial charge in [-0.05, 0) is 30.3 Å². The Morgan fingerprint density at radius 3 is 2.87 bits per heavy atom. The molecule has 1 N–H and O–H groups in total. The highest BCUT2D eigenvalue weighted by atomic mass is 32.2. The summed E-state index contributed by atoms with van der Waals surface area (Å²) in [5, 5.41) is 2.91. The van der Waals surface area contributed by atoms with Gasteiger partial charge in [0.05, 0.1) is 5.75 Å². The molecule has 0 aliphatic carbocycles. The summed E-state index contributed by atoms with van der Waals surface area (Å²) in [6, 6.07) is 11.5. The minimum absolute atomic E-state index is 0.0146. The Morgan fingerprint density at radius 1 is 1.17 bits per heavy atom. The maximum absolute atomic E-state index is 11.9. The van der Waals surface area contributed by atoms with E-state index in [1.54, 1.807) is 6.20 Å². The molecule has 0 atom stereocenters. The van der Waals surface area contributed by atoms with Crippen LogP contribution < -0.4 is 14.8 Å². The van der Waals surface area contributed by atoms with E-state index in [9.17, 15) is 4.79 Å². The van der Waals surface area contributed by atoms with E-state index in [1.165, 1.54) is 11.8 Å². The summed E-state index contributed by atoms with van der Waals surface area (Å²) in [5.41, 5.74) is 0.979. The molecule has 0 radical (unpaired) electrons. The van der Waals surface area contributed by atoms with Crippen molar-refractivity contribution in [3.8, 4) is 11.5 Å². The van der Waals surface area contributed by atoms with Gasteiger partial charge in [0.1, 0.15) is 13.2 Å². The smallest absolute Gasteiger partial charge is 0.230 e. The molecule has 1 aromatic heterocycles. The second-order valence-corrected chi connectivity index (χ2v) is 6.06. The summed E-state index contributed by atoms with van der Waals surface area (Å²) in [6.45, 7) is 1.74. The lowest BCUT2D eigenvalue weighted by molar-refractivity contribution is -0.118. The number of rotatable bonds is 6. The number of benzene rings is 1. The van der Waals surface area contributed by atoms with Crippen molar-refractivity contribution in [2.75, 3.05) is 25.5 Å². The first-order valence-electron chi connectivity index (χ1n) is 7.50. The maximum atomic E-state index is 11.9. The van der Waals surface area contributed by atoms with Crippen molar-refractivity contribution >= 4 is 17.7 Å². The monoisotopic (exact) mass is 330 g/mol. The molecule has 0 bridgehead atoms. The lowest BCUT2D eigenvalue weighted by Crippen LogP contribution is -2.27. The Hall–Kier alpha value is -2.21. The highest BCUT2D eigenvalue weighted by molar-refractivity contribution is 8.00. The van der Waals surface area contributed by atoms with E-state index in [-0.39, 0.29) is 5.91 Å². The minimum atomic E-state index is 0.0146. The molecule has 2 heterocycles. The minimum Gasteiger partial charge on any atom is -0.486 e. The molecule has 1 aromatic carbocycles. The summed E-state index contributed by atoms with van der Waals surface area (Å²) in [5.74, 6) is 1.90. The number of thioether (sulfide) groups is 1. The van der Waals surface area contributed by atoms with Crippen LogP contribution in [0.2, 0.25) is 0 Å². The molecular formula is C17H18N2O3S. The average molecular weight is 330 g/mol. The van der Waals surface area contributed by atoms with E-state index in [0.717, 1.165) is 28.5 Å². The summed E-state index contributed by atoms with van der Waals surface area (Å²) < 4.78 is 11.0. The number of nitrogens with one attached hydrogen (secondary N) is 1. The fraction of sp³-hybridized carbons (Fsp3) is 0.294. The van der Waals surface area contributed by atoms with E-state index >= 15 is 0 Å². The molecule has 1 amide bonds. The number of amides is 1. The summed E-state index contributed by atoms with van der Waals surface area (Å²) in [4.78, 5) is 17.1. The SMILES string of the molecule is O=C(CSc1ccc2c(c1)OCCO2)NCCc1ccccn1. The number of ether oxygens (including phenoxy) is 2. The van der Waals surface area contributed by atoms with E-state index in [1.807, 2.05) is 36.4 Å². The van der Waals surface area contributed by atoms with Gasteiger partial charge < -0.3 is 14.8 Å². The number of pyridine rings is 1. The lowest BCUT2D eigenvalue weighted by atomic mass is 10.3. The normalized spacial score (nSPS) is 12.7. The van der Waals surface area contributed by atoms with Crippen LogP contribution in [-0.4, -0.2) is 36.4 Å². The van der Waals surface area contributed by atoms with E-state index in [2.05, 4.69) is 10.3 Å². The molecule has 3 rings (SSSR count). The molecule has 0 saturated carbocycles. The van der Waals surface area contributed by atoms with Gasteiger partial charge in [-0.25, -0.2) is 0 Å². The van der Waals surface area contributed by atoms with Crippen LogP contribution in [0.1, 0.15) is 5.69 Å². The number of fused-ring (bicyclic) bond motifs is 1. The Morgan fingerprint density at radius 2 is 2.04 bits per heavy atom. The zero-order chi connectivity index (χ0) is 15.9. The van der Waals surface area contributed by atoms with Crippen molar-refractivity contribution in [3.05, 3.63) is 48.3 Å². The predicted octanol–water partition coefficient (Wildman–Crippen LogP) is 2.30. The zero-order valence-corrected chi connectivity index (χ0v) is 13.5. The third kappa shape index (κ3) is 4.63. The summed E-state index contributed by atoms with van der Waals surface area (Å²) >= 11 is 1.48.